The number of hydrogen-bond acceptors (Lipinski definition) is 6. The van der Waals surface area contributed by atoms with E-state index in [2.05, 4.69) is 0 Å². The molecule has 1 fully saturated rings. The predicted molar refractivity (Wildman–Crippen MR) is 125 cm³/mol. The maximum absolute atomic E-state index is 13.1. The summed E-state index contributed by atoms with van der Waals surface area (Å²) in [4.78, 5) is 27.4. The van der Waals surface area contributed by atoms with Gasteiger partial charge in [0.15, 0.2) is 0 Å². The summed E-state index contributed by atoms with van der Waals surface area (Å²) in [5, 5.41) is 11.2. The van der Waals surface area contributed by atoms with Crippen molar-refractivity contribution in [2.24, 2.45) is 0 Å². The first kappa shape index (κ1) is 24.3. The summed E-state index contributed by atoms with van der Waals surface area (Å²) in [7, 11) is 1.53. The van der Waals surface area contributed by atoms with Gasteiger partial charge in [0, 0.05) is 19.2 Å². The maximum atomic E-state index is 13.1. The molecule has 0 radical (unpaired) electrons. The molecule has 1 amide bonds. The lowest BCUT2D eigenvalue weighted by Crippen LogP contribution is -2.32. The summed E-state index contributed by atoms with van der Waals surface area (Å²) in [5.74, 6) is -0.409. The largest absolute Gasteiger partial charge is 0.507 e. The lowest BCUT2D eigenvalue weighted by atomic mass is 9.95. The minimum absolute atomic E-state index is 0.0383. The van der Waals surface area contributed by atoms with Gasteiger partial charge in [-0.2, -0.15) is 0 Å². The van der Waals surface area contributed by atoms with E-state index < -0.39 is 17.7 Å². The molecule has 0 aromatic heterocycles. The van der Waals surface area contributed by atoms with Gasteiger partial charge in [0.2, 0.25) is 0 Å². The number of rotatable bonds is 11. The number of ether oxygens (including phenoxy) is 3. The van der Waals surface area contributed by atoms with Crippen molar-refractivity contribution in [1.82, 2.24) is 4.90 Å². The van der Waals surface area contributed by atoms with Crippen molar-refractivity contribution >= 4 is 17.4 Å². The Kier molecular flexibility index (Phi) is 8.49. The molecule has 2 aromatic rings. The third kappa shape index (κ3) is 5.54. The molecule has 1 unspecified atom stereocenters. The molecule has 2 aromatic carbocycles. The molecule has 1 N–H and O–H groups in total. The van der Waals surface area contributed by atoms with Gasteiger partial charge in [-0.15, -0.1) is 0 Å². The second-order valence-electron chi connectivity index (χ2n) is 7.78. The molecule has 1 atom stereocenters. The highest BCUT2D eigenvalue weighted by Gasteiger charge is 2.46. The first-order valence-electron chi connectivity index (χ1n) is 11.2. The van der Waals surface area contributed by atoms with Crippen LogP contribution in [0, 0.1) is 0 Å². The third-order valence-corrected chi connectivity index (χ3v) is 5.30. The minimum Gasteiger partial charge on any atom is -0.507 e. The van der Waals surface area contributed by atoms with E-state index in [-0.39, 0.29) is 24.5 Å². The van der Waals surface area contributed by atoms with Crippen molar-refractivity contribution in [3.63, 3.8) is 0 Å². The molecule has 3 rings (SSSR count). The van der Waals surface area contributed by atoms with E-state index in [0.29, 0.717) is 35.8 Å². The quantitative estimate of drug-likeness (QED) is 0.310. The van der Waals surface area contributed by atoms with Crippen LogP contribution in [0.15, 0.2) is 54.1 Å². The second kappa shape index (κ2) is 11.5. The molecule has 176 valence electrons. The number of amides is 1. The Hall–Kier alpha value is -3.32. The zero-order chi connectivity index (χ0) is 23.8. The van der Waals surface area contributed by atoms with E-state index in [9.17, 15) is 14.7 Å². The highest BCUT2D eigenvalue weighted by molar-refractivity contribution is 6.46. The van der Waals surface area contributed by atoms with E-state index in [0.717, 1.165) is 12.8 Å². The van der Waals surface area contributed by atoms with E-state index in [1.807, 2.05) is 32.0 Å². The van der Waals surface area contributed by atoms with Gasteiger partial charge in [0.25, 0.3) is 11.7 Å². The van der Waals surface area contributed by atoms with Gasteiger partial charge in [-0.1, -0.05) is 38.1 Å². The van der Waals surface area contributed by atoms with Crippen molar-refractivity contribution in [2.75, 3.05) is 33.5 Å². The molecule has 7 heteroatoms. The Labute approximate surface area is 194 Å². The van der Waals surface area contributed by atoms with Crippen LogP contribution in [-0.4, -0.2) is 55.2 Å². The van der Waals surface area contributed by atoms with Crippen LogP contribution in [-0.2, 0) is 14.3 Å². The normalized spacial score (nSPS) is 17.4. The van der Waals surface area contributed by atoms with Crippen LogP contribution in [0.25, 0.3) is 5.76 Å². The zero-order valence-corrected chi connectivity index (χ0v) is 19.4. The van der Waals surface area contributed by atoms with Gasteiger partial charge in [0.1, 0.15) is 17.3 Å². The Morgan fingerprint density at radius 2 is 1.58 bits per heavy atom. The summed E-state index contributed by atoms with van der Waals surface area (Å²) < 4.78 is 16.6. The smallest absolute Gasteiger partial charge is 0.295 e. The first-order chi connectivity index (χ1) is 16.0. The molecular weight excluding hydrogens is 422 g/mol. The molecular formula is C26H31NO6. The van der Waals surface area contributed by atoms with Crippen molar-refractivity contribution in [1.29, 1.82) is 0 Å². The van der Waals surface area contributed by atoms with E-state index in [4.69, 9.17) is 14.2 Å². The van der Waals surface area contributed by atoms with Gasteiger partial charge < -0.3 is 24.2 Å². The SMILES string of the molecule is CCCOc1cccc(/C(O)=C2/C(=O)C(=O)N(CCOC)C2c2cccc(OCCC)c2)c1. The van der Waals surface area contributed by atoms with Crippen LogP contribution in [0.1, 0.15) is 43.9 Å². The van der Waals surface area contributed by atoms with Crippen LogP contribution >= 0.6 is 0 Å². The van der Waals surface area contributed by atoms with Crippen molar-refractivity contribution in [2.45, 2.75) is 32.7 Å². The number of aliphatic hydroxyl groups is 1. The van der Waals surface area contributed by atoms with Gasteiger partial charge in [-0.25, -0.2) is 0 Å². The fraction of sp³-hybridized carbons (Fsp3) is 0.385. The van der Waals surface area contributed by atoms with Gasteiger partial charge in [-0.05, 0) is 42.7 Å². The number of carbonyl (C=O) groups excluding carboxylic acids is 2. The fourth-order valence-corrected chi connectivity index (χ4v) is 3.75. The number of likely N-dealkylation sites (tertiary alicyclic amines) is 1. The average Bonchev–Trinajstić information content (AvgIpc) is 3.09. The molecule has 1 heterocycles. The number of benzene rings is 2. The van der Waals surface area contributed by atoms with Crippen molar-refractivity contribution in [3.8, 4) is 11.5 Å². The molecule has 1 aliphatic heterocycles. The lowest BCUT2D eigenvalue weighted by Gasteiger charge is -2.25. The monoisotopic (exact) mass is 453 g/mol. The Balaban J connectivity index is 2.09. The number of Topliss-reactive ketones (excluding diaryl/α,β-unsaturated/α-hetero) is 1. The van der Waals surface area contributed by atoms with Gasteiger partial charge >= 0.3 is 0 Å². The predicted octanol–water partition coefficient (Wildman–Crippen LogP) is 4.33. The number of nitrogens with zero attached hydrogens (tertiary/aromatic N) is 1. The van der Waals surface area contributed by atoms with Crippen molar-refractivity contribution in [3.05, 3.63) is 65.2 Å². The van der Waals surface area contributed by atoms with Crippen molar-refractivity contribution < 1.29 is 28.9 Å². The summed E-state index contributed by atoms with van der Waals surface area (Å²) in [6, 6.07) is 13.4. The topological polar surface area (TPSA) is 85.3 Å². The van der Waals surface area contributed by atoms with E-state index in [1.54, 1.807) is 30.3 Å². The van der Waals surface area contributed by atoms with Crippen LogP contribution in [0.4, 0.5) is 0 Å². The Bertz CT molecular complexity index is 1020. The van der Waals surface area contributed by atoms with E-state index in [1.165, 1.54) is 12.0 Å². The van der Waals surface area contributed by atoms with Gasteiger partial charge in [-0.3, -0.25) is 9.59 Å². The highest BCUT2D eigenvalue weighted by Crippen LogP contribution is 2.40. The van der Waals surface area contributed by atoms with Crippen LogP contribution in [0.2, 0.25) is 0 Å². The number of methoxy groups -OCH3 is 1. The Morgan fingerprint density at radius 3 is 2.21 bits per heavy atom. The third-order valence-electron chi connectivity index (χ3n) is 5.30. The van der Waals surface area contributed by atoms with Crippen LogP contribution < -0.4 is 9.47 Å². The van der Waals surface area contributed by atoms with Crippen LogP contribution in [0.3, 0.4) is 0 Å². The molecule has 1 aliphatic rings. The van der Waals surface area contributed by atoms with Crippen LogP contribution in [0.5, 0.6) is 11.5 Å². The van der Waals surface area contributed by atoms with E-state index >= 15 is 0 Å². The molecule has 0 saturated carbocycles. The second-order valence-corrected chi connectivity index (χ2v) is 7.78. The highest BCUT2D eigenvalue weighted by atomic mass is 16.5. The zero-order valence-electron chi connectivity index (χ0n) is 19.4. The number of ketones is 1. The molecule has 1 saturated heterocycles. The summed E-state index contributed by atoms with van der Waals surface area (Å²) in [5.41, 5.74) is 1.13. The molecule has 0 aliphatic carbocycles. The number of carbonyl (C=O) groups is 2. The molecule has 7 nitrogen and oxygen atoms in total. The molecule has 0 spiro atoms. The standard InChI is InChI=1S/C26H31NO6/c1-4-13-32-20-10-6-8-18(16-20)23-22(25(29)26(30)27(23)12-15-31-3)24(28)19-9-7-11-21(17-19)33-14-5-2/h6-11,16-17,23,28H,4-5,12-15H2,1-3H3/b24-22-. The minimum atomic E-state index is -0.759. The lowest BCUT2D eigenvalue weighted by molar-refractivity contribution is -0.140. The summed E-state index contributed by atoms with van der Waals surface area (Å²) in [6.45, 7) is 5.58. The molecule has 33 heavy (non-hydrogen) atoms. The number of hydrogen-bond donors (Lipinski definition) is 1. The summed E-state index contributed by atoms with van der Waals surface area (Å²) in [6.07, 6.45) is 1.70. The van der Waals surface area contributed by atoms with Gasteiger partial charge in [0.05, 0.1) is 31.4 Å². The summed E-state index contributed by atoms with van der Waals surface area (Å²) >= 11 is 0. The number of aliphatic hydroxyl groups excluding tert-OH is 1. The average molecular weight is 454 g/mol. The Morgan fingerprint density at radius 1 is 0.939 bits per heavy atom. The maximum Gasteiger partial charge on any atom is 0.295 e. The first-order valence-corrected chi connectivity index (χ1v) is 11.2. The molecule has 0 bridgehead atoms. The fourth-order valence-electron chi connectivity index (χ4n) is 3.75.